The van der Waals surface area contributed by atoms with E-state index in [0.29, 0.717) is 0 Å². The van der Waals surface area contributed by atoms with Crippen molar-refractivity contribution >= 4 is 6.08 Å². The van der Waals surface area contributed by atoms with E-state index in [4.69, 9.17) is 20.4 Å². The first kappa shape index (κ1) is 16.3. The van der Waals surface area contributed by atoms with Gasteiger partial charge >= 0.3 is 0 Å². The second kappa shape index (κ2) is 11.8. The lowest BCUT2D eigenvalue weighted by atomic mass is 9.98. The Morgan fingerprint density at radius 2 is 1.00 bits per heavy atom. The van der Waals surface area contributed by atoms with E-state index in [9.17, 15) is 0 Å². The first-order valence-corrected chi connectivity index (χ1v) is 6.60. The average Bonchev–Trinajstić information content (AvgIpc) is 2.33. The number of carbonyl (C=O) groups excluding carboxylic acids is 1. The Kier molecular flexibility index (Phi) is 11.3. The minimum absolute atomic E-state index is 0.0359. The van der Waals surface area contributed by atoms with Crippen LogP contribution in [0.3, 0.4) is 0 Å². The smallest absolute Gasteiger partial charge is 0.231 e. The standard InChI is InChI=1S/2C6H12O.CHNO/c2*7-6-4-2-1-3-5-6;2-1-3/h2*6-7H,1-5H2;2H. The van der Waals surface area contributed by atoms with Crippen LogP contribution in [0, 0.1) is 5.41 Å². The van der Waals surface area contributed by atoms with Gasteiger partial charge in [0.1, 0.15) is 0 Å². The van der Waals surface area contributed by atoms with Crippen molar-refractivity contribution in [1.82, 2.24) is 0 Å². The normalized spacial score (nSPS) is 21.3. The molecule has 0 unspecified atom stereocenters. The molecule has 0 aromatic rings. The summed E-state index contributed by atoms with van der Waals surface area (Å²) in [6, 6.07) is 0. The summed E-state index contributed by atoms with van der Waals surface area (Å²) in [5.74, 6) is 0. The molecule has 0 saturated heterocycles. The van der Waals surface area contributed by atoms with Crippen LogP contribution in [0.25, 0.3) is 0 Å². The van der Waals surface area contributed by atoms with Crippen LogP contribution in [-0.4, -0.2) is 28.5 Å². The van der Waals surface area contributed by atoms with Gasteiger partial charge in [-0.1, -0.05) is 38.5 Å². The van der Waals surface area contributed by atoms with Gasteiger partial charge in [-0.05, 0) is 25.7 Å². The fraction of sp³-hybridized carbons (Fsp3) is 0.923. The molecule has 4 heteroatoms. The summed E-state index contributed by atoms with van der Waals surface area (Å²) in [4.78, 5) is 8.35. The fourth-order valence-corrected chi connectivity index (χ4v) is 2.16. The van der Waals surface area contributed by atoms with Crippen LogP contribution in [0.4, 0.5) is 0 Å². The van der Waals surface area contributed by atoms with Crippen LogP contribution in [0.2, 0.25) is 0 Å². The van der Waals surface area contributed by atoms with E-state index in [1.807, 2.05) is 0 Å². The van der Waals surface area contributed by atoms with Crippen molar-refractivity contribution in [1.29, 1.82) is 5.41 Å². The molecule has 0 aromatic heterocycles. The molecule has 0 atom stereocenters. The molecule has 2 fully saturated rings. The monoisotopic (exact) mass is 243 g/mol. The molecule has 2 rings (SSSR count). The van der Waals surface area contributed by atoms with Crippen molar-refractivity contribution < 1.29 is 15.0 Å². The molecular formula is C13H25NO3. The highest BCUT2D eigenvalue weighted by atomic mass is 16.3. The van der Waals surface area contributed by atoms with E-state index < -0.39 is 0 Å². The molecule has 0 aromatic carbocycles. The maximum absolute atomic E-state index is 8.91. The second-order valence-electron chi connectivity index (χ2n) is 4.69. The molecular weight excluding hydrogens is 218 g/mol. The van der Waals surface area contributed by atoms with Gasteiger partial charge in [-0.2, -0.15) is 0 Å². The maximum atomic E-state index is 8.91. The highest BCUT2D eigenvalue weighted by Gasteiger charge is 2.08. The zero-order valence-corrected chi connectivity index (χ0v) is 10.5. The van der Waals surface area contributed by atoms with Gasteiger partial charge in [0.2, 0.25) is 6.08 Å². The van der Waals surface area contributed by atoms with E-state index in [2.05, 4.69) is 0 Å². The van der Waals surface area contributed by atoms with Gasteiger partial charge in [-0.25, -0.2) is 10.2 Å². The van der Waals surface area contributed by atoms with Crippen LogP contribution >= 0.6 is 0 Å². The lowest BCUT2D eigenvalue weighted by Gasteiger charge is -2.14. The van der Waals surface area contributed by atoms with Gasteiger partial charge in [0.15, 0.2) is 0 Å². The fourth-order valence-electron chi connectivity index (χ4n) is 2.16. The molecule has 17 heavy (non-hydrogen) atoms. The Hall–Kier alpha value is -0.700. The highest BCUT2D eigenvalue weighted by Crippen LogP contribution is 2.16. The quantitative estimate of drug-likeness (QED) is 0.451. The Bertz CT molecular complexity index is 175. The molecule has 2 aliphatic carbocycles. The van der Waals surface area contributed by atoms with Crippen molar-refractivity contribution in [2.45, 2.75) is 76.4 Å². The summed E-state index contributed by atoms with van der Waals surface area (Å²) in [6.45, 7) is 0. The zero-order chi connectivity index (χ0) is 12.9. The number of hydrogen-bond donors (Lipinski definition) is 3. The topological polar surface area (TPSA) is 81.4 Å². The lowest BCUT2D eigenvalue weighted by molar-refractivity contribution is 0.130. The minimum atomic E-state index is 0.0359. The average molecular weight is 243 g/mol. The van der Waals surface area contributed by atoms with Crippen molar-refractivity contribution in [3.05, 3.63) is 0 Å². The van der Waals surface area contributed by atoms with Crippen molar-refractivity contribution in [3.8, 4) is 0 Å². The Labute approximate surface area is 104 Å². The van der Waals surface area contributed by atoms with E-state index in [-0.39, 0.29) is 12.2 Å². The Balaban J connectivity index is 0.000000247. The second-order valence-corrected chi connectivity index (χ2v) is 4.69. The molecule has 0 bridgehead atoms. The summed E-state index contributed by atoms with van der Waals surface area (Å²) in [5, 5.41) is 23.2. The predicted octanol–water partition coefficient (Wildman–Crippen LogP) is 2.52. The number of isocyanates is 1. The van der Waals surface area contributed by atoms with Gasteiger partial charge in [0, 0.05) is 0 Å². The van der Waals surface area contributed by atoms with Crippen molar-refractivity contribution in [2.75, 3.05) is 0 Å². The van der Waals surface area contributed by atoms with Crippen LogP contribution in [0.15, 0.2) is 0 Å². The molecule has 0 radical (unpaired) electrons. The molecule has 0 aliphatic heterocycles. The number of hydrogen-bond acceptors (Lipinski definition) is 4. The third kappa shape index (κ3) is 11.6. The summed E-state index contributed by atoms with van der Waals surface area (Å²) in [5.41, 5.74) is 0. The molecule has 0 spiro atoms. The number of aliphatic hydroxyl groups excluding tert-OH is 2. The first-order valence-electron chi connectivity index (χ1n) is 6.60. The summed E-state index contributed by atoms with van der Waals surface area (Å²) >= 11 is 0. The lowest BCUT2D eigenvalue weighted by Crippen LogP contribution is -2.09. The summed E-state index contributed by atoms with van der Waals surface area (Å²) in [7, 11) is 0. The molecule has 0 heterocycles. The zero-order valence-electron chi connectivity index (χ0n) is 10.5. The molecule has 4 nitrogen and oxygen atoms in total. The summed E-state index contributed by atoms with van der Waals surface area (Å²) in [6.07, 6.45) is 12.6. The van der Waals surface area contributed by atoms with Gasteiger partial charge < -0.3 is 10.2 Å². The largest absolute Gasteiger partial charge is 0.393 e. The van der Waals surface area contributed by atoms with Gasteiger partial charge in [-0.3, -0.25) is 0 Å². The first-order chi connectivity index (χ1) is 8.20. The Morgan fingerprint density at radius 3 is 1.12 bits per heavy atom. The van der Waals surface area contributed by atoms with Crippen molar-refractivity contribution in [3.63, 3.8) is 0 Å². The summed E-state index contributed by atoms with van der Waals surface area (Å²) < 4.78 is 0. The van der Waals surface area contributed by atoms with Gasteiger partial charge in [0.25, 0.3) is 0 Å². The maximum Gasteiger partial charge on any atom is 0.231 e. The van der Waals surface area contributed by atoms with E-state index in [0.717, 1.165) is 31.8 Å². The number of rotatable bonds is 0. The number of nitrogens with one attached hydrogen (secondary N) is 1. The van der Waals surface area contributed by atoms with E-state index in [1.54, 1.807) is 0 Å². The van der Waals surface area contributed by atoms with Gasteiger partial charge in [-0.15, -0.1) is 0 Å². The highest BCUT2D eigenvalue weighted by molar-refractivity contribution is 5.26. The van der Waals surface area contributed by atoms with Gasteiger partial charge in [0.05, 0.1) is 12.2 Å². The van der Waals surface area contributed by atoms with Crippen molar-refractivity contribution in [2.24, 2.45) is 0 Å². The molecule has 100 valence electrons. The molecule has 2 aliphatic rings. The molecule has 2 saturated carbocycles. The predicted molar refractivity (Wildman–Crippen MR) is 66.6 cm³/mol. The third-order valence-electron chi connectivity index (χ3n) is 3.15. The third-order valence-corrected chi connectivity index (χ3v) is 3.15. The molecule has 3 N–H and O–H groups in total. The Morgan fingerprint density at radius 1 is 0.765 bits per heavy atom. The SMILES string of the molecule is N=C=O.OC1CCCCC1.OC1CCCCC1. The van der Waals surface area contributed by atoms with E-state index in [1.165, 1.54) is 38.5 Å². The van der Waals surface area contributed by atoms with Crippen LogP contribution < -0.4 is 0 Å². The minimum Gasteiger partial charge on any atom is -0.393 e. The van der Waals surface area contributed by atoms with E-state index >= 15 is 0 Å². The van der Waals surface area contributed by atoms with Crippen LogP contribution in [-0.2, 0) is 4.79 Å². The van der Waals surface area contributed by atoms with Crippen LogP contribution in [0.5, 0.6) is 0 Å². The van der Waals surface area contributed by atoms with Crippen LogP contribution in [0.1, 0.15) is 64.2 Å². The molecule has 0 amide bonds. The number of aliphatic hydroxyl groups is 2.